The molecule has 2 N–H and O–H groups in total. The lowest BCUT2D eigenvalue weighted by Gasteiger charge is -2.30. The summed E-state index contributed by atoms with van der Waals surface area (Å²) in [5.74, 6) is 0.114. The second-order valence-corrected chi connectivity index (χ2v) is 5.59. The Morgan fingerprint density at radius 2 is 2.37 bits per heavy atom. The minimum atomic E-state index is -0.184. The average molecular weight is 327 g/mol. The number of hydrogen-bond donors (Lipinski definition) is 1. The molecule has 1 aliphatic heterocycles. The molecule has 0 bridgehead atoms. The Balaban J connectivity index is 2.03. The minimum Gasteiger partial charge on any atom is -0.380 e. The van der Waals surface area contributed by atoms with Crippen LogP contribution >= 0.6 is 15.9 Å². The summed E-state index contributed by atoms with van der Waals surface area (Å²) in [5.41, 5.74) is 8.09. The van der Waals surface area contributed by atoms with E-state index in [4.69, 9.17) is 10.5 Å². The highest BCUT2D eigenvalue weighted by atomic mass is 79.9. The SMILES string of the molecule is COC(CN)CC(=O)N1CCc2c(Br)cccc2C1. The highest BCUT2D eigenvalue weighted by Crippen LogP contribution is 2.26. The third kappa shape index (κ3) is 3.35. The molecule has 0 aromatic heterocycles. The van der Waals surface area contributed by atoms with Crippen molar-refractivity contribution in [2.45, 2.75) is 25.5 Å². The number of hydrogen-bond acceptors (Lipinski definition) is 3. The predicted molar refractivity (Wildman–Crippen MR) is 77.7 cm³/mol. The Morgan fingerprint density at radius 1 is 1.58 bits per heavy atom. The Hall–Kier alpha value is -0.910. The Labute approximate surface area is 122 Å². The maximum atomic E-state index is 12.2. The highest BCUT2D eigenvalue weighted by molar-refractivity contribution is 9.10. The molecule has 0 saturated carbocycles. The summed E-state index contributed by atoms with van der Waals surface area (Å²) >= 11 is 3.56. The summed E-state index contributed by atoms with van der Waals surface area (Å²) in [6.07, 6.45) is 1.07. The van der Waals surface area contributed by atoms with Gasteiger partial charge >= 0.3 is 0 Å². The molecule has 2 rings (SSSR count). The van der Waals surface area contributed by atoms with Crippen LogP contribution in [-0.4, -0.2) is 37.1 Å². The van der Waals surface area contributed by atoms with Crippen molar-refractivity contribution in [2.75, 3.05) is 20.2 Å². The van der Waals surface area contributed by atoms with Crippen molar-refractivity contribution < 1.29 is 9.53 Å². The molecule has 1 aromatic carbocycles. The van der Waals surface area contributed by atoms with Gasteiger partial charge in [0.15, 0.2) is 0 Å². The first-order chi connectivity index (χ1) is 9.15. The van der Waals surface area contributed by atoms with E-state index < -0.39 is 0 Å². The van der Waals surface area contributed by atoms with Crippen LogP contribution in [0.25, 0.3) is 0 Å². The van der Waals surface area contributed by atoms with Crippen LogP contribution in [0.3, 0.4) is 0 Å². The second-order valence-electron chi connectivity index (χ2n) is 4.74. The number of amides is 1. The topological polar surface area (TPSA) is 55.6 Å². The smallest absolute Gasteiger partial charge is 0.225 e. The van der Waals surface area contributed by atoms with E-state index >= 15 is 0 Å². The molecule has 0 spiro atoms. The van der Waals surface area contributed by atoms with E-state index in [9.17, 15) is 4.79 Å². The van der Waals surface area contributed by atoms with Crippen LogP contribution in [0.15, 0.2) is 22.7 Å². The molecule has 1 atom stereocenters. The van der Waals surface area contributed by atoms with E-state index in [1.54, 1.807) is 7.11 Å². The van der Waals surface area contributed by atoms with Gasteiger partial charge in [0.2, 0.25) is 5.91 Å². The third-order valence-electron chi connectivity index (χ3n) is 3.56. The number of halogens is 1. The number of methoxy groups -OCH3 is 1. The highest BCUT2D eigenvalue weighted by Gasteiger charge is 2.23. The van der Waals surface area contributed by atoms with Gasteiger partial charge in [-0.2, -0.15) is 0 Å². The zero-order chi connectivity index (χ0) is 13.8. The van der Waals surface area contributed by atoms with Crippen molar-refractivity contribution in [3.05, 3.63) is 33.8 Å². The van der Waals surface area contributed by atoms with E-state index in [2.05, 4.69) is 22.0 Å². The van der Waals surface area contributed by atoms with Gasteiger partial charge in [0, 0.05) is 31.2 Å². The van der Waals surface area contributed by atoms with Crippen LogP contribution in [0.4, 0.5) is 0 Å². The van der Waals surface area contributed by atoms with Gasteiger partial charge in [0.05, 0.1) is 12.5 Å². The van der Waals surface area contributed by atoms with Crippen LogP contribution in [0.5, 0.6) is 0 Å². The zero-order valence-electron chi connectivity index (χ0n) is 11.1. The molecule has 0 radical (unpaired) electrons. The number of rotatable bonds is 4. The molecular formula is C14H19BrN2O2. The number of ether oxygens (including phenoxy) is 1. The minimum absolute atomic E-state index is 0.114. The summed E-state index contributed by atoms with van der Waals surface area (Å²) in [6, 6.07) is 6.14. The first-order valence-electron chi connectivity index (χ1n) is 6.42. The summed E-state index contributed by atoms with van der Waals surface area (Å²) in [6.45, 7) is 1.81. The summed E-state index contributed by atoms with van der Waals surface area (Å²) in [4.78, 5) is 14.1. The summed E-state index contributed by atoms with van der Waals surface area (Å²) in [5, 5.41) is 0. The van der Waals surface area contributed by atoms with Gasteiger partial charge in [-0.15, -0.1) is 0 Å². The summed E-state index contributed by atoms with van der Waals surface area (Å²) in [7, 11) is 1.59. The van der Waals surface area contributed by atoms with Crippen LogP contribution in [0, 0.1) is 0 Å². The van der Waals surface area contributed by atoms with Gasteiger partial charge < -0.3 is 15.4 Å². The lowest BCUT2D eigenvalue weighted by Crippen LogP contribution is -2.39. The molecule has 0 aliphatic carbocycles. The first-order valence-corrected chi connectivity index (χ1v) is 7.22. The Kier molecular flexibility index (Phi) is 4.96. The molecule has 0 fully saturated rings. The molecule has 1 aromatic rings. The van der Waals surface area contributed by atoms with E-state index in [-0.39, 0.29) is 12.0 Å². The number of benzene rings is 1. The van der Waals surface area contributed by atoms with Gasteiger partial charge in [0.1, 0.15) is 0 Å². The molecule has 104 valence electrons. The van der Waals surface area contributed by atoms with Crippen molar-refractivity contribution in [2.24, 2.45) is 5.73 Å². The summed E-state index contributed by atoms with van der Waals surface area (Å²) < 4.78 is 6.30. The third-order valence-corrected chi connectivity index (χ3v) is 4.30. The fourth-order valence-corrected chi connectivity index (χ4v) is 2.97. The molecule has 1 aliphatic rings. The Morgan fingerprint density at radius 3 is 3.05 bits per heavy atom. The van der Waals surface area contributed by atoms with Crippen LogP contribution in [0.2, 0.25) is 0 Å². The van der Waals surface area contributed by atoms with Crippen LogP contribution in [0.1, 0.15) is 17.5 Å². The quantitative estimate of drug-likeness (QED) is 0.916. The lowest BCUT2D eigenvalue weighted by molar-refractivity contribution is -0.134. The number of carbonyl (C=O) groups excluding carboxylic acids is 1. The number of nitrogens with two attached hydrogens (primary N) is 1. The van der Waals surface area contributed by atoms with Gasteiger partial charge in [-0.05, 0) is 23.6 Å². The number of nitrogens with zero attached hydrogens (tertiary/aromatic N) is 1. The monoisotopic (exact) mass is 326 g/mol. The average Bonchev–Trinajstić information content (AvgIpc) is 2.44. The van der Waals surface area contributed by atoms with Gasteiger partial charge in [0.25, 0.3) is 0 Å². The zero-order valence-corrected chi connectivity index (χ0v) is 12.6. The Bertz CT molecular complexity index is 461. The second kappa shape index (κ2) is 6.50. The van der Waals surface area contributed by atoms with Gasteiger partial charge in [-0.3, -0.25) is 4.79 Å². The fourth-order valence-electron chi connectivity index (χ4n) is 2.36. The van der Waals surface area contributed by atoms with E-state index in [1.807, 2.05) is 17.0 Å². The molecule has 5 heteroatoms. The molecular weight excluding hydrogens is 308 g/mol. The standard InChI is InChI=1S/C14H19BrN2O2/c1-19-11(8-16)7-14(18)17-6-5-12-10(9-17)3-2-4-13(12)15/h2-4,11H,5-9,16H2,1H3. The van der Waals surface area contributed by atoms with E-state index in [1.165, 1.54) is 11.1 Å². The van der Waals surface area contributed by atoms with E-state index in [0.29, 0.717) is 19.5 Å². The predicted octanol–water partition coefficient (Wildman–Crippen LogP) is 1.70. The maximum Gasteiger partial charge on any atom is 0.225 e. The van der Waals surface area contributed by atoms with Crippen molar-refractivity contribution in [1.29, 1.82) is 0 Å². The van der Waals surface area contributed by atoms with Crippen molar-refractivity contribution in [3.63, 3.8) is 0 Å². The van der Waals surface area contributed by atoms with Crippen molar-refractivity contribution in [1.82, 2.24) is 4.90 Å². The molecule has 0 saturated heterocycles. The van der Waals surface area contributed by atoms with Crippen LogP contribution < -0.4 is 5.73 Å². The molecule has 4 nitrogen and oxygen atoms in total. The van der Waals surface area contributed by atoms with E-state index in [0.717, 1.165) is 17.4 Å². The molecule has 19 heavy (non-hydrogen) atoms. The van der Waals surface area contributed by atoms with Crippen LogP contribution in [-0.2, 0) is 22.5 Å². The van der Waals surface area contributed by atoms with Crippen molar-refractivity contribution >= 4 is 21.8 Å². The molecule has 1 heterocycles. The normalized spacial score (nSPS) is 16.1. The van der Waals surface area contributed by atoms with Gasteiger partial charge in [-0.25, -0.2) is 0 Å². The maximum absolute atomic E-state index is 12.2. The molecule has 1 amide bonds. The largest absolute Gasteiger partial charge is 0.380 e. The number of carbonyl (C=O) groups is 1. The lowest BCUT2D eigenvalue weighted by atomic mass is 9.99. The molecule has 1 unspecified atom stereocenters. The van der Waals surface area contributed by atoms with Gasteiger partial charge in [-0.1, -0.05) is 28.1 Å². The first kappa shape index (κ1) is 14.5. The fraction of sp³-hybridized carbons (Fsp3) is 0.500. The number of fused-ring (bicyclic) bond motifs is 1. The van der Waals surface area contributed by atoms with Crippen molar-refractivity contribution in [3.8, 4) is 0 Å².